The zero-order chi connectivity index (χ0) is 14.8. The molecule has 0 saturated carbocycles. The first-order valence-electron chi connectivity index (χ1n) is 6.49. The van der Waals surface area contributed by atoms with E-state index in [9.17, 15) is 9.59 Å². The second kappa shape index (κ2) is 5.40. The molecule has 0 saturated heterocycles. The number of nitrogens with one attached hydrogen (secondary N) is 2. The van der Waals surface area contributed by atoms with Crippen molar-refractivity contribution in [2.24, 2.45) is 10.3 Å². The number of hydrogen-bond donors (Lipinski definition) is 2. The number of nitrogens with zero attached hydrogens (tertiary/aromatic N) is 2. The Hall–Kier alpha value is -2.24. The van der Waals surface area contributed by atoms with Crippen LogP contribution >= 0.6 is 0 Å². The number of carbonyl (C=O) groups excluding carboxylic acids is 2. The minimum atomic E-state index is -1.32. The van der Waals surface area contributed by atoms with Crippen LogP contribution in [-0.2, 0) is 9.59 Å². The summed E-state index contributed by atoms with van der Waals surface area (Å²) in [6.45, 7) is 5.64. The summed E-state index contributed by atoms with van der Waals surface area (Å²) in [4.78, 5) is 24.3. The Morgan fingerprint density at radius 1 is 1.35 bits per heavy atom. The summed E-state index contributed by atoms with van der Waals surface area (Å²) >= 11 is 0. The topological polar surface area (TPSA) is 82.9 Å². The second-order valence-corrected chi connectivity index (χ2v) is 5.06. The Bertz CT molecular complexity index is 583. The van der Waals surface area contributed by atoms with E-state index in [2.05, 4.69) is 21.1 Å². The summed E-state index contributed by atoms with van der Waals surface area (Å²) in [6.07, 6.45) is 0.308. The molecule has 1 aromatic rings. The summed E-state index contributed by atoms with van der Waals surface area (Å²) < 4.78 is 0. The summed E-state index contributed by atoms with van der Waals surface area (Å²) in [5, 5.41) is 10.2. The molecule has 1 heterocycles. The standard InChI is InChI=1S/C14H18N4O2/c1-9-4-5-12(10(2)8-9)16-13(20)14(11(3)19)6-7-15-18-17-14/h4-5,8H,6-7H2,1-3H3,(H,15,17)(H,16,20). The third kappa shape index (κ3) is 2.54. The maximum absolute atomic E-state index is 12.5. The Balaban J connectivity index is 2.25. The third-order valence-electron chi connectivity index (χ3n) is 3.52. The molecule has 6 heteroatoms. The second-order valence-electron chi connectivity index (χ2n) is 5.06. The van der Waals surface area contributed by atoms with Gasteiger partial charge in [-0.1, -0.05) is 22.9 Å². The lowest BCUT2D eigenvalue weighted by molar-refractivity contribution is -0.134. The summed E-state index contributed by atoms with van der Waals surface area (Å²) in [5.74, 6) is -0.658. The first-order valence-corrected chi connectivity index (χ1v) is 6.49. The van der Waals surface area contributed by atoms with Crippen molar-refractivity contribution in [3.63, 3.8) is 0 Å². The van der Waals surface area contributed by atoms with E-state index in [1.54, 1.807) is 0 Å². The monoisotopic (exact) mass is 274 g/mol. The molecule has 0 bridgehead atoms. The molecule has 2 rings (SSSR count). The highest BCUT2D eigenvalue weighted by molar-refractivity contribution is 6.15. The van der Waals surface area contributed by atoms with Gasteiger partial charge in [-0.2, -0.15) is 5.11 Å². The molecule has 106 valence electrons. The number of anilines is 1. The minimum Gasteiger partial charge on any atom is -0.323 e. The molecule has 20 heavy (non-hydrogen) atoms. The average Bonchev–Trinajstić information content (AvgIpc) is 2.42. The summed E-state index contributed by atoms with van der Waals surface area (Å²) in [6, 6.07) is 5.72. The number of amides is 1. The molecule has 2 N–H and O–H groups in total. The number of carbonyl (C=O) groups is 2. The van der Waals surface area contributed by atoms with Gasteiger partial charge in [0.1, 0.15) is 0 Å². The molecule has 1 aliphatic rings. The van der Waals surface area contributed by atoms with Gasteiger partial charge in [0.25, 0.3) is 5.91 Å². The Morgan fingerprint density at radius 2 is 2.10 bits per heavy atom. The van der Waals surface area contributed by atoms with Gasteiger partial charge in [-0.05, 0) is 32.4 Å². The molecule has 1 aliphatic heterocycles. The van der Waals surface area contributed by atoms with Gasteiger partial charge < -0.3 is 5.32 Å². The van der Waals surface area contributed by atoms with Crippen LogP contribution in [0, 0.1) is 13.8 Å². The molecular formula is C14H18N4O2. The zero-order valence-corrected chi connectivity index (χ0v) is 11.9. The van der Waals surface area contributed by atoms with Gasteiger partial charge in [-0.25, -0.2) is 0 Å². The number of Topliss-reactive ketones (excluding diaryl/α,β-unsaturated/α-hetero) is 1. The Labute approximate surface area is 117 Å². The largest absolute Gasteiger partial charge is 0.323 e. The highest BCUT2D eigenvalue weighted by atomic mass is 16.2. The van der Waals surface area contributed by atoms with Crippen LogP contribution in [0.2, 0.25) is 0 Å². The van der Waals surface area contributed by atoms with Crippen molar-refractivity contribution in [3.05, 3.63) is 29.3 Å². The predicted octanol–water partition coefficient (Wildman–Crippen LogP) is 1.93. The molecule has 1 amide bonds. The Morgan fingerprint density at radius 3 is 2.65 bits per heavy atom. The van der Waals surface area contributed by atoms with Crippen molar-refractivity contribution < 1.29 is 9.59 Å². The third-order valence-corrected chi connectivity index (χ3v) is 3.52. The van der Waals surface area contributed by atoms with Crippen molar-refractivity contribution in [2.45, 2.75) is 32.7 Å². The van der Waals surface area contributed by atoms with Crippen LogP contribution in [0.25, 0.3) is 0 Å². The molecule has 6 nitrogen and oxygen atoms in total. The van der Waals surface area contributed by atoms with Gasteiger partial charge in [0.2, 0.25) is 0 Å². The quantitative estimate of drug-likeness (QED) is 0.826. The number of benzene rings is 1. The first kappa shape index (κ1) is 14.2. The maximum atomic E-state index is 12.5. The van der Waals surface area contributed by atoms with Crippen LogP contribution in [0.1, 0.15) is 24.5 Å². The molecule has 0 spiro atoms. The summed E-state index contributed by atoms with van der Waals surface area (Å²) in [7, 11) is 0. The van der Waals surface area contributed by atoms with E-state index >= 15 is 0 Å². The van der Waals surface area contributed by atoms with Crippen molar-refractivity contribution >= 4 is 17.4 Å². The van der Waals surface area contributed by atoms with Gasteiger partial charge >= 0.3 is 0 Å². The van der Waals surface area contributed by atoms with Crippen LogP contribution in [0.5, 0.6) is 0 Å². The predicted molar refractivity (Wildman–Crippen MR) is 75.4 cm³/mol. The van der Waals surface area contributed by atoms with Crippen LogP contribution in [0.3, 0.4) is 0 Å². The molecule has 0 fully saturated rings. The van der Waals surface area contributed by atoms with E-state index in [0.717, 1.165) is 11.1 Å². The molecule has 0 aromatic heterocycles. The number of hydrogen-bond acceptors (Lipinski definition) is 5. The van der Waals surface area contributed by atoms with E-state index in [4.69, 9.17) is 0 Å². The molecule has 1 aromatic carbocycles. The van der Waals surface area contributed by atoms with Gasteiger partial charge in [0.05, 0.1) is 6.54 Å². The van der Waals surface area contributed by atoms with Crippen molar-refractivity contribution in [3.8, 4) is 0 Å². The SMILES string of the molecule is CC(=O)C1(C(=O)Nc2ccc(C)cc2C)CCN=NN1. The fraction of sp³-hybridized carbons (Fsp3) is 0.429. The van der Waals surface area contributed by atoms with Gasteiger partial charge in [0.15, 0.2) is 11.3 Å². The molecule has 0 radical (unpaired) electrons. The number of aryl methyl sites for hydroxylation is 2. The van der Waals surface area contributed by atoms with Crippen LogP contribution in [-0.4, -0.2) is 23.8 Å². The summed E-state index contributed by atoms with van der Waals surface area (Å²) in [5.41, 5.74) is 4.03. The van der Waals surface area contributed by atoms with Crippen molar-refractivity contribution in [1.29, 1.82) is 0 Å². The van der Waals surface area contributed by atoms with Gasteiger partial charge in [0, 0.05) is 12.1 Å². The smallest absolute Gasteiger partial charge is 0.259 e. The van der Waals surface area contributed by atoms with Crippen LogP contribution in [0.4, 0.5) is 5.69 Å². The van der Waals surface area contributed by atoms with Crippen molar-refractivity contribution in [1.82, 2.24) is 5.43 Å². The van der Waals surface area contributed by atoms with Crippen LogP contribution in [0.15, 0.2) is 28.5 Å². The lowest BCUT2D eigenvalue weighted by Gasteiger charge is -2.30. The number of ketones is 1. The van der Waals surface area contributed by atoms with Crippen molar-refractivity contribution in [2.75, 3.05) is 11.9 Å². The van der Waals surface area contributed by atoms with E-state index in [1.165, 1.54) is 6.92 Å². The fourth-order valence-corrected chi connectivity index (χ4v) is 2.21. The van der Waals surface area contributed by atoms with E-state index in [-0.39, 0.29) is 5.78 Å². The van der Waals surface area contributed by atoms with Gasteiger partial charge in [-0.3, -0.25) is 15.0 Å². The zero-order valence-electron chi connectivity index (χ0n) is 11.9. The Kier molecular flexibility index (Phi) is 3.83. The molecule has 1 unspecified atom stereocenters. The molecule has 1 atom stereocenters. The van der Waals surface area contributed by atoms with Gasteiger partial charge in [-0.15, -0.1) is 0 Å². The maximum Gasteiger partial charge on any atom is 0.259 e. The average molecular weight is 274 g/mol. The normalized spacial score (nSPS) is 21.1. The van der Waals surface area contributed by atoms with E-state index < -0.39 is 11.4 Å². The molecular weight excluding hydrogens is 256 g/mol. The minimum absolute atomic E-state index is 0.265. The lowest BCUT2D eigenvalue weighted by atomic mass is 9.89. The van der Waals surface area contributed by atoms with E-state index in [0.29, 0.717) is 18.7 Å². The first-order chi connectivity index (χ1) is 9.45. The van der Waals surface area contributed by atoms with Crippen LogP contribution < -0.4 is 10.7 Å². The molecule has 0 aliphatic carbocycles. The highest BCUT2D eigenvalue weighted by Gasteiger charge is 2.44. The number of rotatable bonds is 3. The fourth-order valence-electron chi connectivity index (χ4n) is 2.21. The lowest BCUT2D eigenvalue weighted by Crippen LogP contribution is -2.59. The highest BCUT2D eigenvalue weighted by Crippen LogP contribution is 2.22. The van der Waals surface area contributed by atoms with E-state index in [1.807, 2.05) is 32.0 Å².